The zero-order valence-corrected chi connectivity index (χ0v) is 9.03. The molecule has 2 atom stereocenters. The Bertz CT molecular complexity index is 401. The molecule has 0 aromatic heterocycles. The van der Waals surface area contributed by atoms with Crippen LogP contribution in [0.1, 0.15) is 37.4 Å². The molecule has 0 spiro atoms. The number of rotatable bonds is 1. The predicted molar refractivity (Wildman–Crippen MR) is 57.7 cm³/mol. The van der Waals surface area contributed by atoms with Gasteiger partial charge in [0.15, 0.2) is 0 Å². The molecule has 1 N–H and O–H groups in total. The molecule has 0 amide bonds. The first-order valence-corrected chi connectivity index (χ1v) is 5.88. The number of aliphatic hydroxyl groups excluding tert-OH is 1. The molecule has 0 bridgehead atoms. The van der Waals surface area contributed by atoms with Gasteiger partial charge in [0.05, 0.1) is 6.10 Å². The molecule has 1 heterocycles. The highest BCUT2D eigenvalue weighted by Gasteiger charge is 2.35. The quantitative estimate of drug-likeness (QED) is 0.791. The van der Waals surface area contributed by atoms with E-state index in [1.165, 1.54) is 31.4 Å². The first-order valence-electron chi connectivity index (χ1n) is 5.88. The van der Waals surface area contributed by atoms with E-state index in [4.69, 9.17) is 4.74 Å². The maximum atomic E-state index is 13.1. The summed E-state index contributed by atoms with van der Waals surface area (Å²) in [5.74, 6) is 0.766. The van der Waals surface area contributed by atoms with Gasteiger partial charge in [0.25, 0.3) is 0 Å². The van der Waals surface area contributed by atoms with Crippen molar-refractivity contribution in [1.82, 2.24) is 0 Å². The van der Waals surface area contributed by atoms with Crippen LogP contribution in [0.2, 0.25) is 0 Å². The van der Waals surface area contributed by atoms with Crippen LogP contribution in [-0.2, 0) is 0 Å². The van der Waals surface area contributed by atoms with Gasteiger partial charge in [0.1, 0.15) is 17.7 Å². The maximum absolute atomic E-state index is 13.1. The molecule has 1 saturated carbocycles. The zero-order valence-electron chi connectivity index (χ0n) is 9.03. The summed E-state index contributed by atoms with van der Waals surface area (Å²) in [6, 6.07) is 4.37. The van der Waals surface area contributed by atoms with Crippen molar-refractivity contribution in [1.29, 1.82) is 0 Å². The predicted octanol–water partition coefficient (Wildman–Crippen LogP) is 2.81. The third kappa shape index (κ3) is 1.59. The second-order valence-electron chi connectivity index (χ2n) is 4.78. The van der Waals surface area contributed by atoms with E-state index in [1.807, 2.05) is 0 Å². The average molecular weight is 222 g/mol. The Labute approximate surface area is 94.0 Å². The van der Waals surface area contributed by atoms with Crippen LogP contribution in [-0.4, -0.2) is 11.2 Å². The summed E-state index contributed by atoms with van der Waals surface area (Å²) in [4.78, 5) is 0. The molecule has 0 saturated heterocycles. The van der Waals surface area contributed by atoms with Gasteiger partial charge in [-0.1, -0.05) is 6.42 Å². The molecule has 1 fully saturated rings. The average Bonchev–Trinajstić information content (AvgIpc) is 2.13. The van der Waals surface area contributed by atoms with Crippen molar-refractivity contribution in [2.24, 2.45) is 5.92 Å². The fourth-order valence-corrected chi connectivity index (χ4v) is 2.54. The Hall–Kier alpha value is -1.09. The Morgan fingerprint density at radius 1 is 1.31 bits per heavy atom. The van der Waals surface area contributed by atoms with E-state index in [1.54, 1.807) is 6.07 Å². The smallest absolute Gasteiger partial charge is 0.128 e. The molecular weight excluding hydrogens is 207 g/mol. The molecule has 0 radical (unpaired) electrons. The standard InChI is InChI=1S/C13H15FO2/c14-9-4-5-10-11(15)7-12(8-2-1-3-8)16-13(10)6-9/h4-6,8,11-12,15H,1-3,7H2/t11-,12?/m1/s1. The van der Waals surface area contributed by atoms with Crippen LogP contribution in [0.5, 0.6) is 5.75 Å². The summed E-state index contributed by atoms with van der Waals surface area (Å²) < 4.78 is 18.9. The molecule has 1 aliphatic carbocycles. The molecule has 2 nitrogen and oxygen atoms in total. The summed E-state index contributed by atoms with van der Waals surface area (Å²) in [5, 5.41) is 9.99. The topological polar surface area (TPSA) is 29.5 Å². The Morgan fingerprint density at radius 3 is 2.81 bits per heavy atom. The number of fused-ring (bicyclic) bond motifs is 1. The van der Waals surface area contributed by atoms with Crippen molar-refractivity contribution in [3.63, 3.8) is 0 Å². The number of hydrogen-bond acceptors (Lipinski definition) is 2. The van der Waals surface area contributed by atoms with Crippen molar-refractivity contribution < 1.29 is 14.2 Å². The van der Waals surface area contributed by atoms with Gasteiger partial charge in [-0.05, 0) is 30.9 Å². The molecule has 1 aromatic rings. The Morgan fingerprint density at radius 2 is 2.12 bits per heavy atom. The molecule has 2 aliphatic rings. The summed E-state index contributed by atoms with van der Waals surface area (Å²) in [6.07, 6.45) is 3.79. The molecule has 1 unspecified atom stereocenters. The van der Waals surface area contributed by atoms with E-state index in [9.17, 15) is 9.50 Å². The lowest BCUT2D eigenvalue weighted by Crippen LogP contribution is -2.36. The van der Waals surface area contributed by atoms with E-state index < -0.39 is 6.10 Å². The highest BCUT2D eigenvalue weighted by atomic mass is 19.1. The van der Waals surface area contributed by atoms with Crippen molar-refractivity contribution in [2.45, 2.75) is 37.9 Å². The number of hydrogen-bond donors (Lipinski definition) is 1. The minimum absolute atomic E-state index is 0.0676. The summed E-state index contributed by atoms with van der Waals surface area (Å²) in [5.41, 5.74) is 0.719. The third-order valence-electron chi connectivity index (χ3n) is 3.74. The summed E-state index contributed by atoms with van der Waals surface area (Å²) in [6.45, 7) is 0. The Kier molecular flexibility index (Phi) is 2.36. The minimum Gasteiger partial charge on any atom is -0.490 e. The van der Waals surface area contributed by atoms with Gasteiger partial charge in [0.2, 0.25) is 0 Å². The van der Waals surface area contributed by atoms with Crippen LogP contribution in [0.25, 0.3) is 0 Å². The number of halogens is 1. The lowest BCUT2D eigenvalue weighted by Gasteiger charge is -2.38. The van der Waals surface area contributed by atoms with Crippen molar-refractivity contribution in [2.75, 3.05) is 0 Å². The van der Waals surface area contributed by atoms with Gasteiger partial charge >= 0.3 is 0 Å². The molecule has 1 aromatic carbocycles. The first kappa shape index (κ1) is 10.1. The van der Waals surface area contributed by atoms with Gasteiger partial charge in [0, 0.05) is 18.1 Å². The molecule has 3 heteroatoms. The van der Waals surface area contributed by atoms with Crippen LogP contribution in [0.3, 0.4) is 0 Å². The molecule has 3 rings (SSSR count). The van der Waals surface area contributed by atoms with E-state index >= 15 is 0 Å². The molecule has 86 valence electrons. The fourth-order valence-electron chi connectivity index (χ4n) is 2.54. The van der Waals surface area contributed by atoms with Crippen LogP contribution in [0.15, 0.2) is 18.2 Å². The van der Waals surface area contributed by atoms with Gasteiger partial charge in [-0.3, -0.25) is 0 Å². The fraction of sp³-hybridized carbons (Fsp3) is 0.538. The van der Waals surface area contributed by atoms with E-state index in [2.05, 4.69) is 0 Å². The zero-order chi connectivity index (χ0) is 11.1. The second kappa shape index (κ2) is 3.74. The monoisotopic (exact) mass is 222 g/mol. The van der Waals surface area contributed by atoms with Gasteiger partial charge in [-0.2, -0.15) is 0 Å². The van der Waals surface area contributed by atoms with E-state index in [0.29, 0.717) is 18.1 Å². The Balaban J connectivity index is 1.88. The normalized spacial score (nSPS) is 29.1. The van der Waals surface area contributed by atoms with E-state index in [-0.39, 0.29) is 11.9 Å². The molecule has 1 aliphatic heterocycles. The van der Waals surface area contributed by atoms with Gasteiger partial charge < -0.3 is 9.84 Å². The molecule has 16 heavy (non-hydrogen) atoms. The number of benzene rings is 1. The number of ether oxygens (including phenoxy) is 1. The van der Waals surface area contributed by atoms with Crippen LogP contribution < -0.4 is 4.74 Å². The number of aliphatic hydroxyl groups is 1. The van der Waals surface area contributed by atoms with Crippen LogP contribution in [0, 0.1) is 11.7 Å². The van der Waals surface area contributed by atoms with Crippen molar-refractivity contribution >= 4 is 0 Å². The largest absolute Gasteiger partial charge is 0.490 e. The highest BCUT2D eigenvalue weighted by molar-refractivity contribution is 5.37. The third-order valence-corrected chi connectivity index (χ3v) is 3.74. The van der Waals surface area contributed by atoms with E-state index in [0.717, 1.165) is 5.56 Å². The second-order valence-corrected chi connectivity index (χ2v) is 4.78. The SMILES string of the molecule is O[C@@H]1CC(C2CCC2)Oc2cc(F)ccc21. The van der Waals surface area contributed by atoms with Crippen LogP contribution >= 0.6 is 0 Å². The molecular formula is C13H15FO2. The lowest BCUT2D eigenvalue weighted by atomic mass is 9.78. The first-order chi connectivity index (χ1) is 7.74. The highest BCUT2D eigenvalue weighted by Crippen LogP contribution is 2.42. The maximum Gasteiger partial charge on any atom is 0.128 e. The van der Waals surface area contributed by atoms with Gasteiger partial charge in [-0.15, -0.1) is 0 Å². The summed E-state index contributed by atoms with van der Waals surface area (Å²) >= 11 is 0. The van der Waals surface area contributed by atoms with Gasteiger partial charge in [-0.25, -0.2) is 4.39 Å². The van der Waals surface area contributed by atoms with Crippen LogP contribution in [0.4, 0.5) is 4.39 Å². The minimum atomic E-state index is -0.505. The summed E-state index contributed by atoms with van der Waals surface area (Å²) in [7, 11) is 0. The van der Waals surface area contributed by atoms with Crippen molar-refractivity contribution in [3.05, 3.63) is 29.6 Å². The van der Waals surface area contributed by atoms with Crippen molar-refractivity contribution in [3.8, 4) is 5.75 Å². The lowest BCUT2D eigenvalue weighted by molar-refractivity contribution is 0.0103.